The van der Waals surface area contributed by atoms with E-state index in [1.54, 1.807) is 0 Å². The molecule has 0 aliphatic rings. The summed E-state index contributed by atoms with van der Waals surface area (Å²) in [5.74, 6) is -0.150. The number of hydrogen-bond acceptors (Lipinski definition) is 2. The fourth-order valence-electron chi connectivity index (χ4n) is 1.17. The van der Waals surface area contributed by atoms with Crippen molar-refractivity contribution < 1.29 is 9.53 Å². The molecule has 0 fully saturated rings. The molecular formula is C11H13BrO2. The van der Waals surface area contributed by atoms with Crippen LogP contribution < -0.4 is 0 Å². The second-order valence-corrected chi connectivity index (χ2v) is 3.87. The molecule has 1 rings (SSSR count). The Bertz CT molecular complexity index is 282. The van der Waals surface area contributed by atoms with E-state index in [-0.39, 0.29) is 5.92 Å². The molecule has 2 nitrogen and oxygen atoms in total. The lowest BCUT2D eigenvalue weighted by molar-refractivity contribution is -0.110. The minimum Gasteiger partial charge on any atom is -0.381 e. The molecule has 0 spiro atoms. The monoisotopic (exact) mass is 256 g/mol. The number of carbonyl (C=O) groups excluding carboxylic acids is 1. The number of halogens is 1. The second-order valence-electron chi connectivity index (χ2n) is 2.95. The molecule has 76 valence electrons. The smallest absolute Gasteiger partial charge is 0.129 e. The van der Waals surface area contributed by atoms with Crippen LogP contribution in [0.3, 0.4) is 0 Å². The minimum absolute atomic E-state index is 0.150. The molecule has 1 aromatic carbocycles. The first kappa shape index (κ1) is 11.4. The summed E-state index contributed by atoms with van der Waals surface area (Å²) in [6.45, 7) is 3.02. The Hall–Kier alpha value is -0.670. The third-order valence-corrected chi connectivity index (χ3v) is 2.49. The van der Waals surface area contributed by atoms with Crippen molar-refractivity contribution in [3.8, 4) is 0 Å². The van der Waals surface area contributed by atoms with Gasteiger partial charge in [-0.05, 0) is 24.6 Å². The lowest BCUT2D eigenvalue weighted by atomic mass is 10.0. The first-order chi connectivity index (χ1) is 6.77. The van der Waals surface area contributed by atoms with Gasteiger partial charge < -0.3 is 9.53 Å². The van der Waals surface area contributed by atoms with E-state index in [4.69, 9.17) is 4.74 Å². The van der Waals surface area contributed by atoms with E-state index < -0.39 is 0 Å². The zero-order valence-electron chi connectivity index (χ0n) is 8.07. The lowest BCUT2D eigenvalue weighted by Crippen LogP contribution is -2.09. The van der Waals surface area contributed by atoms with Crippen molar-refractivity contribution in [2.75, 3.05) is 13.2 Å². The van der Waals surface area contributed by atoms with Gasteiger partial charge in [-0.15, -0.1) is 0 Å². The summed E-state index contributed by atoms with van der Waals surface area (Å²) in [5.41, 5.74) is 0.997. The summed E-state index contributed by atoms with van der Waals surface area (Å²) in [6.07, 6.45) is 0.929. The van der Waals surface area contributed by atoms with E-state index in [0.29, 0.717) is 13.2 Å². The normalized spacial score (nSPS) is 12.4. The summed E-state index contributed by atoms with van der Waals surface area (Å²) in [6, 6.07) is 7.72. The quantitative estimate of drug-likeness (QED) is 0.758. The second kappa shape index (κ2) is 5.94. The summed E-state index contributed by atoms with van der Waals surface area (Å²) < 4.78 is 6.24. The summed E-state index contributed by atoms with van der Waals surface area (Å²) >= 11 is 3.35. The molecule has 0 saturated heterocycles. The van der Waals surface area contributed by atoms with Gasteiger partial charge in [-0.3, -0.25) is 0 Å². The average molecular weight is 257 g/mol. The largest absolute Gasteiger partial charge is 0.381 e. The molecule has 0 aliphatic carbocycles. The van der Waals surface area contributed by atoms with Crippen LogP contribution in [0.5, 0.6) is 0 Å². The summed E-state index contributed by atoms with van der Waals surface area (Å²) in [7, 11) is 0. The van der Waals surface area contributed by atoms with Crippen LogP contribution in [0.15, 0.2) is 28.7 Å². The van der Waals surface area contributed by atoms with Crippen molar-refractivity contribution in [3.05, 3.63) is 34.3 Å². The molecule has 0 radical (unpaired) electrons. The standard InChI is InChI=1S/C11H13BrO2/c1-2-14-8-10(7-13)9-3-5-11(12)6-4-9/h3-7,10H,2,8H2,1H3. The van der Waals surface area contributed by atoms with Crippen LogP contribution in [0.2, 0.25) is 0 Å². The van der Waals surface area contributed by atoms with Crippen molar-refractivity contribution in [2.24, 2.45) is 0 Å². The highest BCUT2D eigenvalue weighted by atomic mass is 79.9. The zero-order chi connectivity index (χ0) is 10.4. The summed E-state index contributed by atoms with van der Waals surface area (Å²) in [4.78, 5) is 10.8. The number of aldehydes is 1. The minimum atomic E-state index is -0.150. The molecular weight excluding hydrogens is 244 g/mol. The Kier molecular flexibility index (Phi) is 4.84. The highest BCUT2D eigenvalue weighted by Crippen LogP contribution is 2.17. The van der Waals surface area contributed by atoms with E-state index in [9.17, 15) is 4.79 Å². The number of benzene rings is 1. The van der Waals surface area contributed by atoms with Gasteiger partial charge in [0.2, 0.25) is 0 Å². The Balaban J connectivity index is 2.68. The Morgan fingerprint density at radius 1 is 1.43 bits per heavy atom. The molecule has 0 N–H and O–H groups in total. The van der Waals surface area contributed by atoms with E-state index in [1.807, 2.05) is 31.2 Å². The van der Waals surface area contributed by atoms with Crippen LogP contribution in [0, 0.1) is 0 Å². The molecule has 0 aromatic heterocycles. The topological polar surface area (TPSA) is 26.3 Å². The van der Waals surface area contributed by atoms with Gasteiger partial charge in [-0.1, -0.05) is 28.1 Å². The van der Waals surface area contributed by atoms with Crippen molar-refractivity contribution in [1.29, 1.82) is 0 Å². The van der Waals surface area contributed by atoms with Crippen LogP contribution in [0.25, 0.3) is 0 Å². The van der Waals surface area contributed by atoms with Gasteiger partial charge in [0, 0.05) is 11.1 Å². The molecule has 0 aliphatic heterocycles. The van der Waals surface area contributed by atoms with Crippen molar-refractivity contribution in [2.45, 2.75) is 12.8 Å². The SMILES string of the molecule is CCOCC(C=O)c1ccc(Br)cc1. The molecule has 1 atom stereocenters. The van der Waals surface area contributed by atoms with Gasteiger partial charge in [0.1, 0.15) is 6.29 Å². The van der Waals surface area contributed by atoms with Crippen molar-refractivity contribution in [3.63, 3.8) is 0 Å². The van der Waals surface area contributed by atoms with E-state index in [1.165, 1.54) is 0 Å². The Morgan fingerprint density at radius 3 is 2.57 bits per heavy atom. The van der Waals surface area contributed by atoms with E-state index in [2.05, 4.69) is 15.9 Å². The average Bonchev–Trinajstić information content (AvgIpc) is 2.21. The molecule has 14 heavy (non-hydrogen) atoms. The number of rotatable bonds is 5. The Labute approximate surface area is 92.4 Å². The van der Waals surface area contributed by atoms with Crippen molar-refractivity contribution >= 4 is 22.2 Å². The molecule has 0 amide bonds. The number of ether oxygens (including phenoxy) is 1. The first-order valence-electron chi connectivity index (χ1n) is 4.56. The first-order valence-corrected chi connectivity index (χ1v) is 5.35. The molecule has 0 heterocycles. The predicted octanol–water partition coefficient (Wildman–Crippen LogP) is 2.77. The molecule has 0 saturated carbocycles. The molecule has 1 unspecified atom stereocenters. The fourth-order valence-corrected chi connectivity index (χ4v) is 1.43. The van der Waals surface area contributed by atoms with E-state index in [0.717, 1.165) is 16.3 Å². The van der Waals surface area contributed by atoms with Crippen molar-refractivity contribution in [1.82, 2.24) is 0 Å². The number of hydrogen-bond donors (Lipinski definition) is 0. The van der Waals surface area contributed by atoms with Crippen LogP contribution in [0.1, 0.15) is 18.4 Å². The van der Waals surface area contributed by atoms with Gasteiger partial charge in [0.15, 0.2) is 0 Å². The van der Waals surface area contributed by atoms with Gasteiger partial charge in [-0.25, -0.2) is 0 Å². The highest BCUT2D eigenvalue weighted by Gasteiger charge is 2.09. The predicted molar refractivity (Wildman–Crippen MR) is 59.4 cm³/mol. The van der Waals surface area contributed by atoms with Gasteiger partial charge in [-0.2, -0.15) is 0 Å². The van der Waals surface area contributed by atoms with Crippen LogP contribution in [0.4, 0.5) is 0 Å². The highest BCUT2D eigenvalue weighted by molar-refractivity contribution is 9.10. The third-order valence-electron chi connectivity index (χ3n) is 1.96. The van der Waals surface area contributed by atoms with Gasteiger partial charge in [0.05, 0.1) is 12.5 Å². The zero-order valence-corrected chi connectivity index (χ0v) is 9.66. The van der Waals surface area contributed by atoms with Crippen LogP contribution in [-0.4, -0.2) is 19.5 Å². The number of carbonyl (C=O) groups is 1. The van der Waals surface area contributed by atoms with Crippen LogP contribution >= 0.6 is 15.9 Å². The molecule has 3 heteroatoms. The van der Waals surface area contributed by atoms with Crippen LogP contribution in [-0.2, 0) is 9.53 Å². The maximum Gasteiger partial charge on any atom is 0.129 e. The van der Waals surface area contributed by atoms with Gasteiger partial charge >= 0.3 is 0 Å². The van der Waals surface area contributed by atoms with Gasteiger partial charge in [0.25, 0.3) is 0 Å². The lowest BCUT2D eigenvalue weighted by Gasteiger charge is -2.10. The van der Waals surface area contributed by atoms with E-state index >= 15 is 0 Å². The Morgan fingerprint density at radius 2 is 2.07 bits per heavy atom. The maximum atomic E-state index is 10.8. The third kappa shape index (κ3) is 3.24. The molecule has 1 aromatic rings. The fraction of sp³-hybridized carbons (Fsp3) is 0.364. The molecule has 0 bridgehead atoms. The maximum absolute atomic E-state index is 10.8. The summed E-state index contributed by atoms with van der Waals surface area (Å²) in [5, 5.41) is 0.